The maximum absolute atomic E-state index is 12.2. The molecule has 20 heavy (non-hydrogen) atoms. The Hall–Kier alpha value is -1.32. The Kier molecular flexibility index (Phi) is 5.37. The lowest BCUT2D eigenvalue weighted by atomic mass is 10.3. The average molecular weight is 313 g/mol. The molecule has 0 spiro atoms. The second-order valence-corrected chi connectivity index (χ2v) is 5.59. The summed E-state index contributed by atoms with van der Waals surface area (Å²) in [5.74, 6) is -0.819. The van der Waals surface area contributed by atoms with Crippen molar-refractivity contribution in [2.24, 2.45) is 0 Å². The molecule has 114 valence electrons. The van der Waals surface area contributed by atoms with E-state index in [-0.39, 0.29) is 6.42 Å². The van der Waals surface area contributed by atoms with Crippen LogP contribution >= 0.6 is 0 Å². The van der Waals surface area contributed by atoms with Crippen LogP contribution in [0.1, 0.15) is 13.3 Å². The lowest BCUT2D eigenvalue weighted by Crippen LogP contribution is -2.37. The number of para-hydroxylation sites is 1. The molecular formula is C11H14F3NO4S. The van der Waals surface area contributed by atoms with Gasteiger partial charge in [0.05, 0.1) is 6.61 Å². The number of ether oxygens (including phenoxy) is 1. The second-order valence-electron chi connectivity index (χ2n) is 3.90. The molecule has 0 saturated carbocycles. The molecule has 0 saturated heterocycles. The minimum atomic E-state index is -4.99. The SMILES string of the molecule is CC[C@H](CO)NS(=O)(=O)c1ccccc1OC(F)(F)F. The van der Waals surface area contributed by atoms with Crippen molar-refractivity contribution in [3.8, 4) is 5.75 Å². The van der Waals surface area contributed by atoms with Gasteiger partial charge in [0.2, 0.25) is 10.0 Å². The molecule has 0 unspecified atom stereocenters. The molecule has 2 N–H and O–H groups in total. The molecule has 5 nitrogen and oxygen atoms in total. The number of hydrogen-bond donors (Lipinski definition) is 2. The number of alkyl halides is 3. The van der Waals surface area contributed by atoms with Crippen molar-refractivity contribution in [3.05, 3.63) is 24.3 Å². The van der Waals surface area contributed by atoms with E-state index in [1.54, 1.807) is 6.92 Å². The zero-order chi connectivity index (χ0) is 15.4. The molecule has 1 rings (SSSR count). The normalized spacial score (nSPS) is 14.1. The summed E-state index contributed by atoms with van der Waals surface area (Å²) in [6.07, 6.45) is -4.70. The third kappa shape index (κ3) is 4.66. The van der Waals surface area contributed by atoms with Crippen LogP contribution in [-0.4, -0.2) is 32.5 Å². The molecule has 1 aromatic carbocycles. The molecule has 0 radical (unpaired) electrons. The van der Waals surface area contributed by atoms with E-state index in [0.717, 1.165) is 12.1 Å². The predicted molar refractivity (Wildman–Crippen MR) is 64.6 cm³/mol. The number of aliphatic hydroxyl groups is 1. The van der Waals surface area contributed by atoms with E-state index < -0.39 is 39.7 Å². The van der Waals surface area contributed by atoms with Crippen LogP contribution in [0.5, 0.6) is 5.75 Å². The van der Waals surface area contributed by atoms with Gasteiger partial charge in [-0.25, -0.2) is 13.1 Å². The lowest BCUT2D eigenvalue weighted by Gasteiger charge is -2.17. The molecule has 0 heterocycles. The van der Waals surface area contributed by atoms with E-state index in [2.05, 4.69) is 9.46 Å². The summed E-state index contributed by atoms with van der Waals surface area (Å²) in [6.45, 7) is 1.17. The van der Waals surface area contributed by atoms with Gasteiger partial charge in [0.1, 0.15) is 10.6 Å². The lowest BCUT2D eigenvalue weighted by molar-refractivity contribution is -0.275. The van der Waals surface area contributed by atoms with Gasteiger partial charge < -0.3 is 9.84 Å². The van der Waals surface area contributed by atoms with E-state index in [4.69, 9.17) is 5.11 Å². The van der Waals surface area contributed by atoms with Gasteiger partial charge in [-0.3, -0.25) is 0 Å². The first-order chi connectivity index (χ1) is 9.19. The fraction of sp³-hybridized carbons (Fsp3) is 0.455. The van der Waals surface area contributed by atoms with Crippen LogP contribution in [0.4, 0.5) is 13.2 Å². The summed E-state index contributed by atoms with van der Waals surface area (Å²) < 4.78 is 66.5. The van der Waals surface area contributed by atoms with Crippen LogP contribution < -0.4 is 9.46 Å². The Morgan fingerprint density at radius 2 is 1.95 bits per heavy atom. The van der Waals surface area contributed by atoms with Crippen molar-refractivity contribution < 1.29 is 31.4 Å². The Balaban J connectivity index is 3.12. The number of halogens is 3. The highest BCUT2D eigenvalue weighted by atomic mass is 32.2. The maximum Gasteiger partial charge on any atom is 0.573 e. The van der Waals surface area contributed by atoms with Gasteiger partial charge in [0, 0.05) is 6.04 Å². The number of rotatable bonds is 6. The van der Waals surface area contributed by atoms with Crippen LogP contribution in [0.15, 0.2) is 29.2 Å². The molecule has 0 amide bonds. The monoisotopic (exact) mass is 313 g/mol. The van der Waals surface area contributed by atoms with Crippen molar-refractivity contribution in [1.82, 2.24) is 4.72 Å². The van der Waals surface area contributed by atoms with Crippen molar-refractivity contribution in [3.63, 3.8) is 0 Å². The van der Waals surface area contributed by atoms with Gasteiger partial charge in [-0.1, -0.05) is 19.1 Å². The van der Waals surface area contributed by atoms with E-state index >= 15 is 0 Å². The first kappa shape index (κ1) is 16.7. The van der Waals surface area contributed by atoms with Gasteiger partial charge in [0.25, 0.3) is 0 Å². The highest BCUT2D eigenvalue weighted by Gasteiger charge is 2.34. The third-order valence-corrected chi connectivity index (χ3v) is 3.96. The minimum Gasteiger partial charge on any atom is -0.404 e. The fourth-order valence-electron chi connectivity index (χ4n) is 1.41. The smallest absolute Gasteiger partial charge is 0.404 e. The van der Waals surface area contributed by atoms with E-state index in [9.17, 15) is 21.6 Å². The topological polar surface area (TPSA) is 75.6 Å². The highest BCUT2D eigenvalue weighted by Crippen LogP contribution is 2.29. The first-order valence-corrected chi connectivity index (χ1v) is 7.16. The van der Waals surface area contributed by atoms with Gasteiger partial charge >= 0.3 is 6.36 Å². The quantitative estimate of drug-likeness (QED) is 0.837. The summed E-state index contributed by atoms with van der Waals surface area (Å²) in [5.41, 5.74) is 0. The van der Waals surface area contributed by atoms with E-state index in [0.29, 0.717) is 0 Å². The number of sulfonamides is 1. The van der Waals surface area contributed by atoms with Gasteiger partial charge in [0.15, 0.2) is 0 Å². The molecule has 0 bridgehead atoms. The van der Waals surface area contributed by atoms with Crippen molar-refractivity contribution in [2.45, 2.75) is 30.6 Å². The Morgan fingerprint density at radius 3 is 2.45 bits per heavy atom. The van der Waals surface area contributed by atoms with Crippen LogP contribution in [0.25, 0.3) is 0 Å². The average Bonchev–Trinajstić information content (AvgIpc) is 2.34. The summed E-state index contributed by atoms with van der Waals surface area (Å²) >= 11 is 0. The zero-order valence-electron chi connectivity index (χ0n) is 10.5. The molecule has 1 atom stereocenters. The summed E-state index contributed by atoms with van der Waals surface area (Å²) in [7, 11) is -4.22. The maximum atomic E-state index is 12.2. The molecule has 9 heteroatoms. The van der Waals surface area contributed by atoms with Crippen molar-refractivity contribution in [2.75, 3.05) is 6.61 Å². The highest BCUT2D eigenvalue weighted by molar-refractivity contribution is 7.89. The van der Waals surface area contributed by atoms with Crippen LogP contribution in [-0.2, 0) is 10.0 Å². The summed E-state index contributed by atoms with van der Waals surface area (Å²) in [6, 6.07) is 3.62. The Morgan fingerprint density at radius 1 is 1.35 bits per heavy atom. The van der Waals surface area contributed by atoms with E-state index in [1.807, 2.05) is 0 Å². The number of nitrogens with one attached hydrogen (secondary N) is 1. The second kappa shape index (κ2) is 6.42. The first-order valence-electron chi connectivity index (χ1n) is 5.67. The number of aliphatic hydroxyl groups excluding tert-OH is 1. The molecule has 0 aliphatic heterocycles. The molecule has 0 aliphatic carbocycles. The Bertz CT molecular complexity index is 541. The zero-order valence-corrected chi connectivity index (χ0v) is 11.3. The number of benzene rings is 1. The number of hydrogen-bond acceptors (Lipinski definition) is 4. The standard InChI is InChI=1S/C11H14F3NO4S/c1-2-8(7-16)15-20(17,18)10-6-4-3-5-9(10)19-11(12,13)14/h3-6,8,15-16H,2,7H2,1H3/t8-/m1/s1. The minimum absolute atomic E-state index is 0.290. The summed E-state index contributed by atoms with van der Waals surface area (Å²) in [4.78, 5) is -0.635. The van der Waals surface area contributed by atoms with Crippen LogP contribution in [0.3, 0.4) is 0 Å². The van der Waals surface area contributed by atoms with Crippen LogP contribution in [0.2, 0.25) is 0 Å². The molecule has 0 aromatic heterocycles. The summed E-state index contributed by atoms with van der Waals surface area (Å²) in [5, 5.41) is 8.95. The van der Waals surface area contributed by atoms with Gasteiger partial charge in [-0.2, -0.15) is 0 Å². The van der Waals surface area contributed by atoms with Crippen molar-refractivity contribution in [1.29, 1.82) is 0 Å². The molecule has 0 fully saturated rings. The third-order valence-electron chi connectivity index (χ3n) is 2.40. The Labute approximate surface area is 114 Å². The van der Waals surface area contributed by atoms with Gasteiger partial charge in [-0.05, 0) is 18.6 Å². The van der Waals surface area contributed by atoms with Crippen molar-refractivity contribution >= 4 is 10.0 Å². The molecular weight excluding hydrogens is 299 g/mol. The van der Waals surface area contributed by atoms with E-state index in [1.165, 1.54) is 12.1 Å². The molecule has 0 aliphatic rings. The van der Waals surface area contributed by atoms with Crippen LogP contribution in [0, 0.1) is 0 Å². The fourth-order valence-corrected chi connectivity index (χ4v) is 2.85. The largest absolute Gasteiger partial charge is 0.573 e. The van der Waals surface area contributed by atoms with Gasteiger partial charge in [-0.15, -0.1) is 13.2 Å². The molecule has 1 aromatic rings. The predicted octanol–water partition coefficient (Wildman–Crippen LogP) is 1.63.